The smallest absolute Gasteiger partial charge is 0.356 e. The summed E-state index contributed by atoms with van der Waals surface area (Å²) in [7, 11) is 1.26. The van der Waals surface area contributed by atoms with E-state index in [2.05, 4.69) is 9.72 Å². The molecule has 1 aromatic heterocycles. The zero-order valence-electron chi connectivity index (χ0n) is 10.5. The van der Waals surface area contributed by atoms with E-state index in [1.54, 1.807) is 0 Å². The lowest BCUT2D eigenvalue weighted by Crippen LogP contribution is -2.07. The van der Waals surface area contributed by atoms with Gasteiger partial charge >= 0.3 is 11.7 Å². The van der Waals surface area contributed by atoms with Crippen molar-refractivity contribution in [3.63, 3.8) is 0 Å². The number of nitro groups is 1. The summed E-state index contributed by atoms with van der Waals surface area (Å²) in [6, 6.07) is 2.64. The predicted octanol–water partition coefficient (Wildman–Crippen LogP) is 2.81. The first kappa shape index (κ1) is 13.8. The van der Waals surface area contributed by atoms with E-state index in [9.17, 15) is 14.9 Å². The van der Waals surface area contributed by atoms with Crippen LogP contribution in [0.5, 0.6) is 0 Å². The molecule has 2 rings (SSSR count). The van der Waals surface area contributed by atoms with Crippen LogP contribution in [0.15, 0.2) is 17.2 Å². The van der Waals surface area contributed by atoms with Crippen LogP contribution in [-0.4, -0.2) is 28.2 Å². The van der Waals surface area contributed by atoms with Crippen molar-refractivity contribution in [3.05, 3.63) is 27.9 Å². The molecule has 1 aromatic rings. The van der Waals surface area contributed by atoms with Gasteiger partial charge in [-0.05, 0) is 18.9 Å². The number of hydrogen-bond donors (Lipinski definition) is 0. The first-order valence-electron chi connectivity index (χ1n) is 6.02. The molecule has 0 unspecified atom stereocenters. The number of thioether (sulfide) groups is 1. The van der Waals surface area contributed by atoms with Gasteiger partial charge < -0.3 is 4.74 Å². The highest BCUT2D eigenvalue weighted by molar-refractivity contribution is 8.00. The molecule has 6 nitrogen and oxygen atoms in total. The van der Waals surface area contributed by atoms with E-state index in [0.717, 1.165) is 25.7 Å². The molecular formula is C12H14N2O4S. The minimum atomic E-state index is -0.580. The summed E-state index contributed by atoms with van der Waals surface area (Å²) >= 11 is 1.39. The number of carbonyl (C=O) groups excluding carboxylic acids is 1. The van der Waals surface area contributed by atoms with Crippen LogP contribution in [0, 0.1) is 10.1 Å². The number of methoxy groups -OCH3 is 1. The Hall–Kier alpha value is -1.63. The van der Waals surface area contributed by atoms with Crippen molar-refractivity contribution in [1.82, 2.24) is 4.98 Å². The number of rotatable bonds is 4. The monoisotopic (exact) mass is 282 g/mol. The molecule has 0 amide bonds. The summed E-state index contributed by atoms with van der Waals surface area (Å²) in [6.07, 6.45) is 4.35. The van der Waals surface area contributed by atoms with E-state index in [-0.39, 0.29) is 11.4 Å². The number of carbonyl (C=O) groups is 1. The van der Waals surface area contributed by atoms with Crippen LogP contribution in [0.2, 0.25) is 0 Å². The molecule has 102 valence electrons. The Kier molecular flexibility index (Phi) is 4.36. The van der Waals surface area contributed by atoms with Crippen molar-refractivity contribution in [2.24, 2.45) is 0 Å². The third-order valence-corrected chi connectivity index (χ3v) is 4.34. The van der Waals surface area contributed by atoms with Gasteiger partial charge in [0.05, 0.1) is 12.0 Å². The highest BCUT2D eigenvalue weighted by Crippen LogP contribution is 2.37. The molecule has 0 bridgehead atoms. The number of hydrogen-bond acceptors (Lipinski definition) is 6. The average Bonchev–Trinajstić information content (AvgIpc) is 2.90. The van der Waals surface area contributed by atoms with Gasteiger partial charge in [0.1, 0.15) is 5.69 Å². The Bertz CT molecular complexity index is 501. The second-order valence-corrected chi connectivity index (χ2v) is 5.58. The van der Waals surface area contributed by atoms with E-state index in [4.69, 9.17) is 0 Å². The van der Waals surface area contributed by atoms with Crippen LogP contribution in [-0.2, 0) is 4.74 Å². The largest absolute Gasteiger partial charge is 0.464 e. The second kappa shape index (κ2) is 6.01. The van der Waals surface area contributed by atoms with Gasteiger partial charge in [-0.3, -0.25) is 10.1 Å². The minimum absolute atomic E-state index is 0.0513. The van der Waals surface area contributed by atoms with E-state index in [0.29, 0.717) is 10.3 Å². The minimum Gasteiger partial charge on any atom is -0.464 e. The van der Waals surface area contributed by atoms with E-state index in [1.807, 2.05) is 0 Å². The summed E-state index contributed by atoms with van der Waals surface area (Å²) in [6.45, 7) is 0. The maximum absolute atomic E-state index is 11.4. The second-order valence-electron chi connectivity index (χ2n) is 4.29. The lowest BCUT2D eigenvalue weighted by molar-refractivity contribution is -0.388. The molecule has 0 spiro atoms. The molecule has 0 radical (unpaired) electrons. The highest BCUT2D eigenvalue weighted by atomic mass is 32.2. The molecule has 7 heteroatoms. The number of nitrogens with zero attached hydrogens (tertiary/aromatic N) is 2. The van der Waals surface area contributed by atoms with Crippen LogP contribution in [0.4, 0.5) is 5.69 Å². The number of pyridine rings is 1. The van der Waals surface area contributed by atoms with Crippen molar-refractivity contribution < 1.29 is 14.5 Å². The zero-order chi connectivity index (χ0) is 13.8. The molecule has 1 fully saturated rings. The first-order chi connectivity index (χ1) is 9.11. The Balaban J connectivity index is 2.29. The topological polar surface area (TPSA) is 82.3 Å². The number of aromatic nitrogens is 1. The Morgan fingerprint density at radius 2 is 2.16 bits per heavy atom. The van der Waals surface area contributed by atoms with Crippen LogP contribution in [0.3, 0.4) is 0 Å². The third-order valence-electron chi connectivity index (χ3n) is 3.01. The van der Waals surface area contributed by atoms with Gasteiger partial charge in [0.25, 0.3) is 0 Å². The van der Waals surface area contributed by atoms with Gasteiger partial charge in [0.2, 0.25) is 0 Å². The average molecular weight is 282 g/mol. The summed E-state index contributed by atoms with van der Waals surface area (Å²) in [5.41, 5.74) is 0.0538. The molecule has 19 heavy (non-hydrogen) atoms. The van der Waals surface area contributed by atoms with Crippen molar-refractivity contribution in [2.75, 3.05) is 7.11 Å². The zero-order valence-corrected chi connectivity index (χ0v) is 11.3. The first-order valence-corrected chi connectivity index (χ1v) is 6.90. The van der Waals surface area contributed by atoms with Gasteiger partial charge in [0.15, 0.2) is 5.03 Å². The fourth-order valence-corrected chi connectivity index (χ4v) is 3.34. The molecule has 0 saturated heterocycles. The lowest BCUT2D eigenvalue weighted by atomic mass is 10.3. The molecule has 1 aliphatic carbocycles. The Morgan fingerprint density at radius 3 is 2.74 bits per heavy atom. The molecule has 1 heterocycles. The summed E-state index contributed by atoms with van der Waals surface area (Å²) in [5.74, 6) is -0.580. The number of esters is 1. The third kappa shape index (κ3) is 3.23. The SMILES string of the molecule is COC(=O)c1ccc([N+](=O)[O-])c(SC2CCCC2)n1. The predicted molar refractivity (Wildman–Crippen MR) is 70.3 cm³/mol. The molecule has 1 saturated carbocycles. The molecule has 0 aliphatic heterocycles. The van der Waals surface area contributed by atoms with Gasteiger partial charge in [-0.25, -0.2) is 9.78 Å². The van der Waals surface area contributed by atoms with E-state index >= 15 is 0 Å². The molecule has 0 N–H and O–H groups in total. The fourth-order valence-electron chi connectivity index (χ4n) is 2.04. The van der Waals surface area contributed by atoms with Gasteiger partial charge in [-0.2, -0.15) is 0 Å². The van der Waals surface area contributed by atoms with Crippen LogP contribution < -0.4 is 0 Å². The fraction of sp³-hybridized carbons (Fsp3) is 0.500. The molecule has 1 aliphatic rings. The summed E-state index contributed by atoms with van der Waals surface area (Å²) in [5, 5.41) is 11.6. The van der Waals surface area contributed by atoms with Crippen molar-refractivity contribution in [3.8, 4) is 0 Å². The van der Waals surface area contributed by atoms with Crippen LogP contribution in [0.1, 0.15) is 36.2 Å². The lowest BCUT2D eigenvalue weighted by Gasteiger charge is -2.09. The standard InChI is InChI=1S/C12H14N2O4S/c1-18-12(15)9-6-7-10(14(16)17)11(13-9)19-8-4-2-3-5-8/h6-8H,2-5H2,1H3. The van der Waals surface area contributed by atoms with Crippen molar-refractivity contribution in [1.29, 1.82) is 0 Å². The quantitative estimate of drug-likeness (QED) is 0.480. The van der Waals surface area contributed by atoms with Crippen LogP contribution >= 0.6 is 11.8 Å². The van der Waals surface area contributed by atoms with Crippen molar-refractivity contribution >= 4 is 23.4 Å². The van der Waals surface area contributed by atoms with Gasteiger partial charge in [0, 0.05) is 11.3 Å². The Morgan fingerprint density at radius 1 is 1.47 bits per heavy atom. The van der Waals surface area contributed by atoms with E-state index in [1.165, 1.54) is 31.0 Å². The molecule has 0 aromatic carbocycles. The maximum atomic E-state index is 11.4. The van der Waals surface area contributed by atoms with Crippen LogP contribution in [0.25, 0.3) is 0 Å². The summed E-state index contributed by atoms with van der Waals surface area (Å²) in [4.78, 5) is 26.0. The molecular weight excluding hydrogens is 268 g/mol. The maximum Gasteiger partial charge on any atom is 0.356 e. The van der Waals surface area contributed by atoms with Gasteiger partial charge in [-0.15, -0.1) is 0 Å². The molecule has 0 atom stereocenters. The normalized spacial score (nSPS) is 15.4. The Labute approximate surface area is 114 Å². The highest BCUT2D eigenvalue weighted by Gasteiger charge is 2.24. The summed E-state index contributed by atoms with van der Waals surface area (Å²) < 4.78 is 4.58. The van der Waals surface area contributed by atoms with Crippen molar-refractivity contribution in [2.45, 2.75) is 36.0 Å². The van der Waals surface area contributed by atoms with Gasteiger partial charge in [-0.1, -0.05) is 24.6 Å². The van der Waals surface area contributed by atoms with E-state index < -0.39 is 10.9 Å². The number of ether oxygens (including phenoxy) is 1.